The Morgan fingerprint density at radius 3 is 2.43 bits per heavy atom. The van der Waals surface area contributed by atoms with Gasteiger partial charge in [0.25, 0.3) is 0 Å². The number of hydrogen-bond donors (Lipinski definition) is 1. The first-order chi connectivity index (χ1) is 20.5. The number of nitrogens with two attached hydrogens (primary N) is 1. The van der Waals surface area contributed by atoms with E-state index in [1.807, 2.05) is 24.3 Å². The van der Waals surface area contributed by atoms with Crippen molar-refractivity contribution in [3.05, 3.63) is 88.8 Å². The van der Waals surface area contributed by atoms with Crippen molar-refractivity contribution < 1.29 is 28.5 Å². The smallest absolute Gasteiger partial charge is 0.347 e. The Kier molecular flexibility index (Phi) is 10.7. The molecule has 1 aliphatic rings. The summed E-state index contributed by atoms with van der Waals surface area (Å²) in [6.07, 6.45) is 6.28. The van der Waals surface area contributed by atoms with Gasteiger partial charge in [-0.05, 0) is 48.7 Å². The summed E-state index contributed by atoms with van der Waals surface area (Å²) >= 11 is 0. The van der Waals surface area contributed by atoms with Crippen molar-refractivity contribution in [2.75, 3.05) is 20.3 Å². The Bertz CT molecular complexity index is 1460. The van der Waals surface area contributed by atoms with Crippen molar-refractivity contribution in [1.29, 1.82) is 5.26 Å². The van der Waals surface area contributed by atoms with E-state index in [2.05, 4.69) is 19.9 Å². The molecule has 0 bridgehead atoms. The number of para-hydroxylation sites is 1. The van der Waals surface area contributed by atoms with Crippen LogP contribution in [0.25, 0.3) is 0 Å². The Balaban J connectivity index is 1.58. The molecule has 8 heteroatoms. The topological polar surface area (TPSA) is 113 Å². The minimum atomic E-state index is -0.550. The number of carbonyl (C=O) groups is 1. The van der Waals surface area contributed by atoms with Crippen LogP contribution < -0.4 is 29.4 Å². The Hall–Kier alpha value is -4.64. The van der Waals surface area contributed by atoms with Crippen molar-refractivity contribution in [2.45, 2.75) is 58.3 Å². The number of rotatable bonds is 14. The third-order valence-corrected chi connectivity index (χ3v) is 7.04. The van der Waals surface area contributed by atoms with E-state index in [1.165, 1.54) is 6.42 Å². The number of ether oxygens (including phenoxy) is 5. The van der Waals surface area contributed by atoms with Crippen LogP contribution in [0, 0.1) is 11.3 Å². The lowest BCUT2D eigenvalue weighted by Crippen LogP contribution is -2.21. The molecule has 3 aromatic carbocycles. The zero-order chi connectivity index (χ0) is 29.9. The molecule has 1 heterocycles. The summed E-state index contributed by atoms with van der Waals surface area (Å²) in [5.74, 6) is 1.28. The standard InChI is InChI=1S/C34H38N2O6/c1-4-6-8-11-19-40-29-17-14-23(20-31(29)38-3)32-25-16-15-24(21-30(25)42-33(36)27(32)22-35)41-34(37)26-12-9-10-13-28(26)39-18-7-5-2/h9-10,12-17,20-21,32H,4-8,11,18-19,36H2,1-3H3. The Labute approximate surface area is 247 Å². The molecule has 0 fully saturated rings. The predicted octanol–water partition coefficient (Wildman–Crippen LogP) is 7.27. The number of nitrogens with zero attached hydrogens (tertiary/aromatic N) is 1. The van der Waals surface area contributed by atoms with E-state index in [4.69, 9.17) is 29.4 Å². The normalized spacial score (nSPS) is 13.9. The minimum Gasteiger partial charge on any atom is -0.493 e. The van der Waals surface area contributed by atoms with Crippen molar-refractivity contribution in [3.63, 3.8) is 0 Å². The fourth-order valence-corrected chi connectivity index (χ4v) is 4.79. The average Bonchev–Trinajstić information content (AvgIpc) is 3.00. The molecule has 0 saturated carbocycles. The molecule has 2 N–H and O–H groups in total. The number of fused-ring (bicyclic) bond motifs is 1. The molecule has 0 spiro atoms. The summed E-state index contributed by atoms with van der Waals surface area (Å²) in [7, 11) is 1.59. The number of benzene rings is 3. The van der Waals surface area contributed by atoms with Gasteiger partial charge < -0.3 is 29.4 Å². The lowest BCUT2D eigenvalue weighted by atomic mass is 9.83. The number of esters is 1. The van der Waals surface area contributed by atoms with Crippen LogP contribution in [0.2, 0.25) is 0 Å². The molecule has 0 saturated heterocycles. The number of nitriles is 1. The van der Waals surface area contributed by atoms with E-state index >= 15 is 0 Å². The largest absolute Gasteiger partial charge is 0.493 e. The molecule has 4 rings (SSSR count). The third-order valence-electron chi connectivity index (χ3n) is 7.04. The van der Waals surface area contributed by atoms with Gasteiger partial charge in [0, 0.05) is 11.6 Å². The molecule has 0 radical (unpaired) electrons. The Morgan fingerprint density at radius 1 is 0.905 bits per heavy atom. The molecular weight excluding hydrogens is 532 g/mol. The fourth-order valence-electron chi connectivity index (χ4n) is 4.79. The lowest BCUT2D eigenvalue weighted by molar-refractivity contribution is 0.0730. The summed E-state index contributed by atoms with van der Waals surface area (Å²) in [6, 6.07) is 19.9. The molecule has 0 amide bonds. The highest BCUT2D eigenvalue weighted by Gasteiger charge is 2.32. The SMILES string of the molecule is CCCCCCOc1ccc(C2C(C#N)=C(N)Oc3cc(OC(=O)c4ccccc4OCCCC)ccc32)cc1OC. The molecule has 3 aromatic rings. The van der Waals surface area contributed by atoms with Gasteiger partial charge in [0.1, 0.15) is 34.5 Å². The summed E-state index contributed by atoms with van der Waals surface area (Å²) in [5.41, 5.74) is 8.32. The quantitative estimate of drug-likeness (QED) is 0.122. The molecule has 220 valence electrons. The molecule has 1 unspecified atom stereocenters. The third kappa shape index (κ3) is 7.16. The minimum absolute atomic E-state index is 0.0108. The zero-order valence-electron chi connectivity index (χ0n) is 24.5. The van der Waals surface area contributed by atoms with E-state index in [1.54, 1.807) is 43.5 Å². The fraction of sp³-hybridized carbons (Fsp3) is 0.353. The second-order valence-electron chi connectivity index (χ2n) is 10.0. The first kappa shape index (κ1) is 30.3. The number of hydrogen-bond acceptors (Lipinski definition) is 8. The monoisotopic (exact) mass is 570 g/mol. The van der Waals surface area contributed by atoms with E-state index < -0.39 is 11.9 Å². The first-order valence-corrected chi connectivity index (χ1v) is 14.5. The van der Waals surface area contributed by atoms with Gasteiger partial charge in [0.15, 0.2) is 11.5 Å². The molecular formula is C34H38N2O6. The van der Waals surface area contributed by atoms with E-state index in [0.717, 1.165) is 37.7 Å². The second kappa shape index (κ2) is 14.8. The van der Waals surface area contributed by atoms with Gasteiger partial charge in [0.05, 0.1) is 26.2 Å². The maximum absolute atomic E-state index is 13.1. The van der Waals surface area contributed by atoms with Crippen LogP contribution in [-0.2, 0) is 0 Å². The predicted molar refractivity (Wildman–Crippen MR) is 160 cm³/mol. The summed E-state index contributed by atoms with van der Waals surface area (Å²) in [6.45, 7) is 5.36. The van der Waals surface area contributed by atoms with Crippen molar-refractivity contribution >= 4 is 5.97 Å². The highest BCUT2D eigenvalue weighted by Crippen LogP contribution is 2.45. The van der Waals surface area contributed by atoms with Crippen molar-refractivity contribution in [2.24, 2.45) is 5.73 Å². The van der Waals surface area contributed by atoms with Gasteiger partial charge in [-0.3, -0.25) is 0 Å². The van der Waals surface area contributed by atoms with Crippen LogP contribution >= 0.6 is 0 Å². The van der Waals surface area contributed by atoms with Crippen molar-refractivity contribution in [3.8, 4) is 34.8 Å². The number of allylic oxidation sites excluding steroid dienone is 1. The molecule has 1 aliphatic heterocycles. The average molecular weight is 571 g/mol. The van der Waals surface area contributed by atoms with Gasteiger partial charge in [-0.25, -0.2) is 4.79 Å². The highest BCUT2D eigenvalue weighted by molar-refractivity contribution is 5.94. The van der Waals surface area contributed by atoms with Crippen LogP contribution in [-0.4, -0.2) is 26.3 Å². The number of methoxy groups -OCH3 is 1. The van der Waals surface area contributed by atoms with Crippen LogP contribution in [0.15, 0.2) is 72.1 Å². The lowest BCUT2D eigenvalue weighted by Gasteiger charge is -2.27. The van der Waals surface area contributed by atoms with Gasteiger partial charge in [0.2, 0.25) is 5.88 Å². The maximum atomic E-state index is 13.1. The number of unbranched alkanes of at least 4 members (excludes halogenated alkanes) is 4. The number of carbonyl (C=O) groups excluding carboxylic acids is 1. The van der Waals surface area contributed by atoms with Crippen LogP contribution in [0.3, 0.4) is 0 Å². The molecule has 0 aromatic heterocycles. The highest BCUT2D eigenvalue weighted by atomic mass is 16.5. The molecule has 42 heavy (non-hydrogen) atoms. The van der Waals surface area contributed by atoms with Crippen LogP contribution in [0.4, 0.5) is 0 Å². The Morgan fingerprint density at radius 2 is 1.67 bits per heavy atom. The summed E-state index contributed by atoms with van der Waals surface area (Å²) in [4.78, 5) is 13.1. The van der Waals surface area contributed by atoms with Gasteiger partial charge in [-0.1, -0.05) is 63.8 Å². The zero-order valence-corrected chi connectivity index (χ0v) is 24.5. The van der Waals surface area contributed by atoms with E-state index in [0.29, 0.717) is 47.3 Å². The molecule has 8 nitrogen and oxygen atoms in total. The van der Waals surface area contributed by atoms with Gasteiger partial charge in [-0.2, -0.15) is 5.26 Å². The van der Waals surface area contributed by atoms with E-state index in [-0.39, 0.29) is 17.2 Å². The first-order valence-electron chi connectivity index (χ1n) is 14.5. The summed E-state index contributed by atoms with van der Waals surface area (Å²) < 4.78 is 28.9. The van der Waals surface area contributed by atoms with Crippen LogP contribution in [0.1, 0.15) is 79.8 Å². The summed E-state index contributed by atoms with van der Waals surface area (Å²) in [5, 5.41) is 9.98. The molecule has 1 atom stereocenters. The van der Waals surface area contributed by atoms with E-state index in [9.17, 15) is 10.1 Å². The molecule has 0 aliphatic carbocycles. The maximum Gasteiger partial charge on any atom is 0.347 e. The van der Waals surface area contributed by atoms with Gasteiger partial charge in [-0.15, -0.1) is 0 Å². The van der Waals surface area contributed by atoms with Gasteiger partial charge >= 0.3 is 5.97 Å². The van der Waals surface area contributed by atoms with Crippen molar-refractivity contribution in [1.82, 2.24) is 0 Å². The second-order valence-corrected chi connectivity index (χ2v) is 10.0. The van der Waals surface area contributed by atoms with Crippen LogP contribution in [0.5, 0.6) is 28.7 Å².